The van der Waals surface area contributed by atoms with Crippen LogP contribution in [-0.4, -0.2) is 34.5 Å². The smallest absolute Gasteiger partial charge is 0.0541 e. The summed E-state index contributed by atoms with van der Waals surface area (Å²) in [6, 6.07) is 10.2. The summed E-state index contributed by atoms with van der Waals surface area (Å²) in [5, 5.41) is 3.44. The van der Waals surface area contributed by atoms with Gasteiger partial charge in [0.05, 0.1) is 5.69 Å². The largest absolute Gasteiger partial charge is 0.310 e. The Morgan fingerprint density at radius 1 is 1.10 bits per heavy atom. The lowest BCUT2D eigenvalue weighted by Gasteiger charge is -2.20. The number of aromatic nitrogens is 2. The molecule has 0 unspecified atom stereocenters. The quantitative estimate of drug-likeness (QED) is 0.746. The number of hydrogen-bond acceptors (Lipinski definition) is 4. The molecule has 0 fully saturated rings. The van der Waals surface area contributed by atoms with Crippen LogP contribution >= 0.6 is 0 Å². The van der Waals surface area contributed by atoms with Gasteiger partial charge >= 0.3 is 0 Å². The summed E-state index contributed by atoms with van der Waals surface area (Å²) in [4.78, 5) is 10.8. The molecule has 0 atom stereocenters. The summed E-state index contributed by atoms with van der Waals surface area (Å²) in [6.07, 6.45) is 5.53. The van der Waals surface area contributed by atoms with Gasteiger partial charge < -0.3 is 5.32 Å². The minimum Gasteiger partial charge on any atom is -0.310 e. The highest BCUT2D eigenvalue weighted by atomic mass is 15.1. The molecule has 0 saturated heterocycles. The Labute approximate surface area is 120 Å². The summed E-state index contributed by atoms with van der Waals surface area (Å²) >= 11 is 0. The summed E-state index contributed by atoms with van der Waals surface area (Å²) < 4.78 is 0. The molecule has 1 N–H and O–H groups in total. The molecule has 0 spiro atoms. The molecule has 4 nitrogen and oxygen atoms in total. The molecule has 0 bridgehead atoms. The molecule has 0 saturated carbocycles. The summed E-state index contributed by atoms with van der Waals surface area (Å²) in [5.41, 5.74) is 2.40. The van der Waals surface area contributed by atoms with E-state index in [4.69, 9.17) is 0 Å². The first kappa shape index (κ1) is 14.6. The zero-order valence-electron chi connectivity index (χ0n) is 12.0. The van der Waals surface area contributed by atoms with E-state index in [1.807, 2.05) is 36.8 Å². The van der Waals surface area contributed by atoms with E-state index >= 15 is 0 Å². The minimum atomic E-state index is 0.827. The molecule has 2 heterocycles. The SMILES string of the molecule is CCN(CCNCc1ccccn1)Cc1ccncc1. The molecule has 0 radical (unpaired) electrons. The molecule has 2 rings (SSSR count). The first-order chi connectivity index (χ1) is 9.88. The van der Waals surface area contributed by atoms with Crippen molar-refractivity contribution in [3.05, 3.63) is 60.2 Å². The third-order valence-electron chi connectivity index (χ3n) is 3.24. The van der Waals surface area contributed by atoms with E-state index in [0.29, 0.717) is 0 Å². The highest BCUT2D eigenvalue weighted by molar-refractivity contribution is 5.09. The Kier molecular flexibility index (Phi) is 6.14. The molecule has 0 aromatic carbocycles. The van der Waals surface area contributed by atoms with Crippen molar-refractivity contribution in [1.82, 2.24) is 20.2 Å². The van der Waals surface area contributed by atoms with Gasteiger partial charge in [0.25, 0.3) is 0 Å². The third-order valence-corrected chi connectivity index (χ3v) is 3.24. The fourth-order valence-corrected chi connectivity index (χ4v) is 2.05. The molecule has 106 valence electrons. The maximum Gasteiger partial charge on any atom is 0.0541 e. The highest BCUT2D eigenvalue weighted by Gasteiger charge is 2.03. The van der Waals surface area contributed by atoms with Crippen LogP contribution in [0.5, 0.6) is 0 Å². The Hall–Kier alpha value is -1.78. The Morgan fingerprint density at radius 2 is 1.95 bits per heavy atom. The fourth-order valence-electron chi connectivity index (χ4n) is 2.05. The van der Waals surface area contributed by atoms with Crippen molar-refractivity contribution in [2.75, 3.05) is 19.6 Å². The van der Waals surface area contributed by atoms with Crippen LogP contribution in [0.15, 0.2) is 48.9 Å². The highest BCUT2D eigenvalue weighted by Crippen LogP contribution is 2.02. The predicted molar refractivity (Wildman–Crippen MR) is 81.1 cm³/mol. The minimum absolute atomic E-state index is 0.827. The lowest BCUT2D eigenvalue weighted by molar-refractivity contribution is 0.278. The van der Waals surface area contributed by atoms with Crippen LogP contribution in [0.25, 0.3) is 0 Å². The molecule has 4 heteroatoms. The summed E-state index contributed by atoms with van der Waals surface area (Å²) in [6.45, 7) is 7.05. The monoisotopic (exact) mass is 270 g/mol. The standard InChI is InChI=1S/C16H22N4/c1-2-20(14-15-6-9-17-10-7-15)12-11-18-13-16-5-3-4-8-19-16/h3-10,18H,2,11-14H2,1H3. The van der Waals surface area contributed by atoms with Crippen molar-refractivity contribution < 1.29 is 0 Å². The van der Waals surface area contributed by atoms with Gasteiger partial charge in [0.1, 0.15) is 0 Å². The second kappa shape index (κ2) is 8.40. The van der Waals surface area contributed by atoms with Crippen molar-refractivity contribution in [1.29, 1.82) is 0 Å². The van der Waals surface area contributed by atoms with Crippen molar-refractivity contribution in [3.63, 3.8) is 0 Å². The van der Waals surface area contributed by atoms with Crippen LogP contribution < -0.4 is 5.32 Å². The number of likely N-dealkylation sites (N-methyl/N-ethyl adjacent to an activating group) is 1. The van der Waals surface area contributed by atoms with Gasteiger partial charge in [-0.15, -0.1) is 0 Å². The molecule has 2 aromatic rings. The van der Waals surface area contributed by atoms with E-state index in [1.165, 1.54) is 5.56 Å². The van der Waals surface area contributed by atoms with Gasteiger partial charge in [-0.05, 0) is 36.4 Å². The maximum atomic E-state index is 4.30. The molecule has 0 amide bonds. The van der Waals surface area contributed by atoms with Crippen molar-refractivity contribution in [3.8, 4) is 0 Å². The fraction of sp³-hybridized carbons (Fsp3) is 0.375. The lowest BCUT2D eigenvalue weighted by atomic mass is 10.2. The molecule has 2 aromatic heterocycles. The topological polar surface area (TPSA) is 41.0 Å². The second-order valence-electron chi connectivity index (χ2n) is 4.72. The molecule has 0 aliphatic carbocycles. The third kappa shape index (κ3) is 5.07. The van der Waals surface area contributed by atoms with Crippen LogP contribution in [-0.2, 0) is 13.1 Å². The van der Waals surface area contributed by atoms with Gasteiger partial charge in [-0.1, -0.05) is 13.0 Å². The zero-order chi connectivity index (χ0) is 14.0. The molecule has 0 aliphatic rings. The van der Waals surface area contributed by atoms with Crippen molar-refractivity contribution in [2.45, 2.75) is 20.0 Å². The molecular weight excluding hydrogens is 248 g/mol. The van der Waals surface area contributed by atoms with E-state index < -0.39 is 0 Å². The van der Waals surface area contributed by atoms with Gasteiger partial charge in [0.15, 0.2) is 0 Å². The first-order valence-electron chi connectivity index (χ1n) is 7.10. The number of nitrogens with one attached hydrogen (secondary N) is 1. The second-order valence-corrected chi connectivity index (χ2v) is 4.72. The Morgan fingerprint density at radius 3 is 2.65 bits per heavy atom. The molecule has 20 heavy (non-hydrogen) atoms. The number of pyridine rings is 2. The Bertz CT molecular complexity index is 472. The predicted octanol–water partition coefficient (Wildman–Crippen LogP) is 2.09. The van der Waals surface area contributed by atoms with Crippen LogP contribution in [0.2, 0.25) is 0 Å². The summed E-state index contributed by atoms with van der Waals surface area (Å²) in [5.74, 6) is 0. The average Bonchev–Trinajstić information content (AvgIpc) is 2.52. The van der Waals surface area contributed by atoms with Gasteiger partial charge in [-0.3, -0.25) is 14.9 Å². The van der Waals surface area contributed by atoms with Crippen LogP contribution in [0.3, 0.4) is 0 Å². The number of rotatable bonds is 8. The number of nitrogens with zero attached hydrogens (tertiary/aromatic N) is 3. The average molecular weight is 270 g/mol. The van der Waals surface area contributed by atoms with Gasteiger partial charge in [0, 0.05) is 44.8 Å². The molecular formula is C16H22N4. The molecule has 0 aliphatic heterocycles. The normalized spacial score (nSPS) is 10.9. The van der Waals surface area contributed by atoms with Crippen LogP contribution in [0, 0.1) is 0 Å². The summed E-state index contributed by atoms with van der Waals surface area (Å²) in [7, 11) is 0. The van der Waals surface area contributed by atoms with E-state index in [1.54, 1.807) is 0 Å². The number of hydrogen-bond donors (Lipinski definition) is 1. The van der Waals surface area contributed by atoms with E-state index in [2.05, 4.69) is 39.2 Å². The van der Waals surface area contributed by atoms with E-state index in [0.717, 1.165) is 38.4 Å². The van der Waals surface area contributed by atoms with Crippen molar-refractivity contribution >= 4 is 0 Å². The van der Waals surface area contributed by atoms with Crippen molar-refractivity contribution in [2.24, 2.45) is 0 Å². The van der Waals surface area contributed by atoms with Crippen LogP contribution in [0.4, 0.5) is 0 Å². The maximum absolute atomic E-state index is 4.30. The Balaban J connectivity index is 1.69. The van der Waals surface area contributed by atoms with Gasteiger partial charge in [-0.25, -0.2) is 0 Å². The van der Waals surface area contributed by atoms with E-state index in [-0.39, 0.29) is 0 Å². The first-order valence-corrected chi connectivity index (χ1v) is 7.10. The van der Waals surface area contributed by atoms with Crippen LogP contribution in [0.1, 0.15) is 18.2 Å². The zero-order valence-corrected chi connectivity index (χ0v) is 12.0. The van der Waals surface area contributed by atoms with Gasteiger partial charge in [0.2, 0.25) is 0 Å². The lowest BCUT2D eigenvalue weighted by Crippen LogP contribution is -2.31. The van der Waals surface area contributed by atoms with E-state index in [9.17, 15) is 0 Å². The van der Waals surface area contributed by atoms with Gasteiger partial charge in [-0.2, -0.15) is 0 Å².